The standard InChI is InChI=1S/C10H18N4/c1-3-11-9-6-4-5-8(9)10-13-12-7-14(10)2/h7-9,11H,3-6H2,1-2H3. The Labute approximate surface area is 84.7 Å². The molecule has 1 N–H and O–H groups in total. The summed E-state index contributed by atoms with van der Waals surface area (Å²) in [7, 11) is 2.02. The van der Waals surface area contributed by atoms with Crippen LogP contribution in [0.1, 0.15) is 37.9 Å². The molecule has 0 aromatic carbocycles. The van der Waals surface area contributed by atoms with E-state index < -0.39 is 0 Å². The quantitative estimate of drug-likeness (QED) is 0.782. The molecule has 1 fully saturated rings. The van der Waals surface area contributed by atoms with Crippen LogP contribution in [0.25, 0.3) is 0 Å². The lowest BCUT2D eigenvalue weighted by atomic mass is 10.0. The maximum Gasteiger partial charge on any atom is 0.137 e. The summed E-state index contributed by atoms with van der Waals surface area (Å²) in [5.41, 5.74) is 0. The fraction of sp³-hybridized carbons (Fsp3) is 0.800. The largest absolute Gasteiger partial charge is 0.320 e. The summed E-state index contributed by atoms with van der Waals surface area (Å²) in [5, 5.41) is 11.7. The molecule has 1 heterocycles. The van der Waals surface area contributed by atoms with Crippen molar-refractivity contribution >= 4 is 0 Å². The van der Waals surface area contributed by atoms with E-state index in [0.717, 1.165) is 12.4 Å². The second-order valence-electron chi connectivity index (χ2n) is 4.00. The Bertz CT molecular complexity index is 294. The third-order valence-corrected chi connectivity index (χ3v) is 3.06. The monoisotopic (exact) mass is 194 g/mol. The highest BCUT2D eigenvalue weighted by Crippen LogP contribution is 2.32. The lowest BCUT2D eigenvalue weighted by molar-refractivity contribution is 0.468. The minimum atomic E-state index is 0.558. The van der Waals surface area contributed by atoms with Crippen molar-refractivity contribution in [3.63, 3.8) is 0 Å². The first-order valence-electron chi connectivity index (χ1n) is 5.40. The lowest BCUT2D eigenvalue weighted by Gasteiger charge is -2.19. The van der Waals surface area contributed by atoms with E-state index in [1.807, 2.05) is 11.6 Å². The minimum Gasteiger partial charge on any atom is -0.320 e. The van der Waals surface area contributed by atoms with Crippen LogP contribution >= 0.6 is 0 Å². The maximum atomic E-state index is 4.20. The third-order valence-electron chi connectivity index (χ3n) is 3.06. The van der Waals surface area contributed by atoms with Gasteiger partial charge in [-0.15, -0.1) is 10.2 Å². The van der Waals surface area contributed by atoms with Crippen LogP contribution in [0.15, 0.2) is 6.33 Å². The Kier molecular flexibility index (Phi) is 2.82. The molecule has 2 atom stereocenters. The Morgan fingerprint density at radius 2 is 2.43 bits per heavy atom. The fourth-order valence-corrected chi connectivity index (χ4v) is 2.40. The van der Waals surface area contributed by atoms with Crippen LogP contribution < -0.4 is 5.32 Å². The smallest absolute Gasteiger partial charge is 0.137 e. The second-order valence-corrected chi connectivity index (χ2v) is 4.00. The van der Waals surface area contributed by atoms with Crippen LogP contribution in [0.5, 0.6) is 0 Å². The number of aromatic nitrogens is 3. The first-order valence-corrected chi connectivity index (χ1v) is 5.40. The molecular formula is C10H18N4. The van der Waals surface area contributed by atoms with Crippen molar-refractivity contribution in [2.24, 2.45) is 7.05 Å². The van der Waals surface area contributed by atoms with Crippen molar-refractivity contribution in [1.82, 2.24) is 20.1 Å². The van der Waals surface area contributed by atoms with E-state index in [1.165, 1.54) is 19.3 Å². The predicted octanol–water partition coefficient (Wildman–Crippen LogP) is 1.06. The zero-order valence-electron chi connectivity index (χ0n) is 8.90. The topological polar surface area (TPSA) is 42.7 Å². The first kappa shape index (κ1) is 9.65. The van der Waals surface area contributed by atoms with Crippen LogP contribution in [0.3, 0.4) is 0 Å². The summed E-state index contributed by atoms with van der Waals surface area (Å²) in [6.45, 7) is 3.20. The van der Waals surface area contributed by atoms with E-state index >= 15 is 0 Å². The van der Waals surface area contributed by atoms with E-state index in [9.17, 15) is 0 Å². The van der Waals surface area contributed by atoms with E-state index in [-0.39, 0.29) is 0 Å². The van der Waals surface area contributed by atoms with Crippen molar-refractivity contribution in [3.8, 4) is 0 Å². The van der Waals surface area contributed by atoms with Gasteiger partial charge in [-0.1, -0.05) is 13.3 Å². The fourth-order valence-electron chi connectivity index (χ4n) is 2.40. The molecule has 4 nitrogen and oxygen atoms in total. The van der Waals surface area contributed by atoms with E-state index in [4.69, 9.17) is 0 Å². The molecule has 1 aromatic rings. The van der Waals surface area contributed by atoms with Gasteiger partial charge >= 0.3 is 0 Å². The van der Waals surface area contributed by atoms with E-state index in [0.29, 0.717) is 12.0 Å². The Morgan fingerprint density at radius 1 is 1.57 bits per heavy atom. The lowest BCUT2D eigenvalue weighted by Crippen LogP contribution is -2.32. The molecule has 0 spiro atoms. The average molecular weight is 194 g/mol. The van der Waals surface area contributed by atoms with Gasteiger partial charge in [0.1, 0.15) is 12.2 Å². The van der Waals surface area contributed by atoms with Gasteiger partial charge in [0.2, 0.25) is 0 Å². The molecule has 0 aliphatic heterocycles. The highest BCUT2D eigenvalue weighted by atomic mass is 15.3. The second kappa shape index (κ2) is 4.09. The van der Waals surface area contributed by atoms with E-state index in [1.54, 1.807) is 6.33 Å². The van der Waals surface area contributed by atoms with Crippen LogP contribution in [0.2, 0.25) is 0 Å². The maximum absolute atomic E-state index is 4.20. The number of nitrogens with one attached hydrogen (secondary N) is 1. The van der Waals surface area contributed by atoms with Crippen molar-refractivity contribution in [2.75, 3.05) is 6.54 Å². The summed E-state index contributed by atoms with van der Waals surface area (Å²) in [5.74, 6) is 1.69. The highest BCUT2D eigenvalue weighted by molar-refractivity contribution is 5.04. The van der Waals surface area contributed by atoms with Crippen molar-refractivity contribution in [2.45, 2.75) is 38.1 Å². The Morgan fingerprint density at radius 3 is 3.07 bits per heavy atom. The summed E-state index contributed by atoms with van der Waals surface area (Å²) in [6.07, 6.45) is 5.60. The molecule has 1 saturated carbocycles. The normalized spacial score (nSPS) is 27.0. The van der Waals surface area contributed by atoms with Crippen molar-refractivity contribution in [3.05, 3.63) is 12.2 Å². The van der Waals surface area contributed by atoms with Crippen LogP contribution in [-0.4, -0.2) is 27.4 Å². The van der Waals surface area contributed by atoms with Gasteiger partial charge < -0.3 is 9.88 Å². The summed E-state index contributed by atoms with van der Waals surface area (Å²) in [6, 6.07) is 0.600. The SMILES string of the molecule is CCNC1CCCC1c1nncn1C. The summed E-state index contributed by atoms with van der Waals surface area (Å²) >= 11 is 0. The van der Waals surface area contributed by atoms with Gasteiger partial charge in [-0.05, 0) is 19.4 Å². The Hall–Kier alpha value is -0.900. The summed E-state index contributed by atoms with van der Waals surface area (Å²) < 4.78 is 2.04. The van der Waals surface area contributed by atoms with Crippen LogP contribution in [-0.2, 0) is 7.05 Å². The van der Waals surface area contributed by atoms with Gasteiger partial charge in [0, 0.05) is 19.0 Å². The number of likely N-dealkylation sites (N-methyl/N-ethyl adjacent to an activating group) is 1. The van der Waals surface area contributed by atoms with Gasteiger partial charge in [-0.25, -0.2) is 0 Å². The van der Waals surface area contributed by atoms with Crippen LogP contribution in [0.4, 0.5) is 0 Å². The predicted molar refractivity (Wildman–Crippen MR) is 55.1 cm³/mol. The van der Waals surface area contributed by atoms with Gasteiger partial charge in [-0.3, -0.25) is 0 Å². The number of rotatable bonds is 3. The highest BCUT2D eigenvalue weighted by Gasteiger charge is 2.30. The van der Waals surface area contributed by atoms with Crippen molar-refractivity contribution in [1.29, 1.82) is 0 Å². The number of nitrogens with zero attached hydrogens (tertiary/aromatic N) is 3. The molecule has 0 amide bonds. The first-order chi connectivity index (χ1) is 6.83. The zero-order valence-corrected chi connectivity index (χ0v) is 8.90. The number of aryl methyl sites for hydroxylation is 1. The molecule has 0 saturated heterocycles. The molecule has 1 aromatic heterocycles. The van der Waals surface area contributed by atoms with Gasteiger partial charge in [0.25, 0.3) is 0 Å². The zero-order chi connectivity index (χ0) is 9.97. The van der Waals surface area contributed by atoms with Crippen molar-refractivity contribution < 1.29 is 0 Å². The molecule has 78 valence electrons. The van der Waals surface area contributed by atoms with Crippen LogP contribution in [0, 0.1) is 0 Å². The molecule has 2 rings (SSSR count). The number of hydrogen-bond donors (Lipinski definition) is 1. The van der Waals surface area contributed by atoms with Gasteiger partial charge in [0.05, 0.1) is 0 Å². The molecule has 2 unspecified atom stereocenters. The summed E-state index contributed by atoms with van der Waals surface area (Å²) in [4.78, 5) is 0. The molecule has 0 bridgehead atoms. The van der Waals surface area contributed by atoms with E-state index in [2.05, 4.69) is 22.4 Å². The van der Waals surface area contributed by atoms with Gasteiger partial charge in [-0.2, -0.15) is 0 Å². The molecule has 0 radical (unpaired) electrons. The molecule has 1 aliphatic carbocycles. The number of hydrogen-bond acceptors (Lipinski definition) is 3. The van der Waals surface area contributed by atoms with Gasteiger partial charge in [0.15, 0.2) is 0 Å². The minimum absolute atomic E-state index is 0.558. The molecular weight excluding hydrogens is 176 g/mol. The average Bonchev–Trinajstić information content (AvgIpc) is 2.74. The third kappa shape index (κ3) is 1.66. The molecule has 4 heteroatoms. The Balaban J connectivity index is 2.13. The molecule has 1 aliphatic rings. The molecule has 14 heavy (non-hydrogen) atoms.